The molecule has 0 bridgehead atoms. The summed E-state index contributed by atoms with van der Waals surface area (Å²) in [6, 6.07) is 102. The molecule has 79 heavy (non-hydrogen) atoms. The van der Waals surface area contributed by atoms with Crippen LogP contribution in [0.3, 0.4) is 0 Å². The lowest BCUT2D eigenvalue weighted by atomic mass is 9.90. The fourth-order valence-corrected chi connectivity index (χ4v) is 10.7. The van der Waals surface area contributed by atoms with Crippen LogP contribution in [0.2, 0.25) is 0 Å². The minimum absolute atomic E-state index is 0.418. The summed E-state index contributed by atoms with van der Waals surface area (Å²) in [5.41, 5.74) is 17.6. The van der Waals surface area contributed by atoms with E-state index in [2.05, 4.69) is 184 Å². The van der Waals surface area contributed by atoms with Crippen molar-refractivity contribution in [2.24, 2.45) is 0 Å². The van der Waals surface area contributed by atoms with E-state index in [1.54, 1.807) is 0 Å². The minimum atomic E-state index is 0.418. The molecule has 0 aliphatic rings. The molecular weight excluding hydrogens is 963 g/mol. The van der Waals surface area contributed by atoms with Crippen LogP contribution in [0.25, 0.3) is 83.6 Å². The predicted octanol–water partition coefficient (Wildman–Crippen LogP) is 18.6. The summed E-state index contributed by atoms with van der Waals surface area (Å²) in [6.45, 7) is 0. The lowest BCUT2D eigenvalue weighted by molar-refractivity contribution is 1.18. The second-order valence-electron chi connectivity index (χ2n) is 19.2. The van der Waals surface area contributed by atoms with E-state index in [-0.39, 0.29) is 0 Å². The van der Waals surface area contributed by atoms with Crippen LogP contribution in [0.15, 0.2) is 285 Å². The number of hydrogen-bond acceptors (Lipinski definition) is 6. The Balaban J connectivity index is 0.888. The van der Waals surface area contributed by atoms with Gasteiger partial charge < -0.3 is 14.4 Å². The van der Waals surface area contributed by atoms with Crippen molar-refractivity contribution in [1.82, 2.24) is 14.5 Å². The standard InChI is InChI=1S/C72H47N7/c73-48-56-43-55(50-31-33-52(34-32-50)68-47-67(51-19-7-1-8-20-51)75-72(76-68)54-21-9-2-10-22-54)44-57(49-74)71(56)53-35-37-62(38-36-53)79-69-41-39-63(77(58-23-11-3-12-24-58)59-25-13-4-14-26-59)45-65(69)66-46-64(40-42-70(66)79)78(60-27-15-5-16-28-60)61-29-17-6-18-30-61/h1-47H. The van der Waals surface area contributed by atoms with Gasteiger partial charge in [-0.2, -0.15) is 10.5 Å². The molecule has 370 valence electrons. The summed E-state index contributed by atoms with van der Waals surface area (Å²) in [5.74, 6) is 0.643. The van der Waals surface area contributed by atoms with Crippen LogP contribution >= 0.6 is 0 Å². The first-order valence-electron chi connectivity index (χ1n) is 26.2. The van der Waals surface area contributed by atoms with Crippen molar-refractivity contribution in [3.05, 3.63) is 296 Å². The van der Waals surface area contributed by atoms with E-state index in [1.165, 1.54) is 0 Å². The average Bonchev–Trinajstić information content (AvgIpc) is 4.12. The zero-order valence-corrected chi connectivity index (χ0v) is 42.8. The molecule has 0 aliphatic heterocycles. The predicted molar refractivity (Wildman–Crippen MR) is 322 cm³/mol. The second-order valence-corrected chi connectivity index (χ2v) is 19.2. The number of benzene rings is 11. The molecule has 0 N–H and O–H groups in total. The molecule has 7 nitrogen and oxygen atoms in total. The van der Waals surface area contributed by atoms with Gasteiger partial charge in [0, 0.05) is 72.8 Å². The third kappa shape index (κ3) is 9.21. The van der Waals surface area contributed by atoms with Crippen molar-refractivity contribution < 1.29 is 0 Å². The molecule has 0 spiro atoms. The summed E-state index contributed by atoms with van der Waals surface area (Å²) in [4.78, 5) is 14.6. The summed E-state index contributed by atoms with van der Waals surface area (Å²) in [7, 11) is 0. The van der Waals surface area contributed by atoms with E-state index >= 15 is 0 Å². The number of hydrogen-bond donors (Lipinski definition) is 0. The quantitative estimate of drug-likeness (QED) is 0.121. The fraction of sp³-hybridized carbons (Fsp3) is 0. The lowest BCUT2D eigenvalue weighted by Crippen LogP contribution is -2.09. The van der Waals surface area contributed by atoms with Crippen LogP contribution < -0.4 is 9.80 Å². The molecule has 0 saturated carbocycles. The number of nitriles is 2. The molecule has 7 heteroatoms. The SMILES string of the molecule is N#Cc1cc(-c2ccc(-c3cc(-c4ccccc4)nc(-c4ccccc4)n3)cc2)cc(C#N)c1-c1ccc(-n2c3ccc(N(c4ccccc4)c4ccccc4)cc3c3cc(N(c4ccccc4)c4ccccc4)ccc32)cc1. The van der Waals surface area contributed by atoms with Gasteiger partial charge in [-0.25, -0.2) is 9.97 Å². The molecule has 13 aromatic rings. The van der Waals surface area contributed by atoms with Crippen LogP contribution in [0.1, 0.15) is 11.1 Å². The molecule has 13 rings (SSSR count). The number of anilines is 6. The molecule has 11 aromatic carbocycles. The van der Waals surface area contributed by atoms with Crippen molar-refractivity contribution in [3.8, 4) is 74.0 Å². The highest BCUT2D eigenvalue weighted by molar-refractivity contribution is 6.12. The van der Waals surface area contributed by atoms with E-state index in [0.29, 0.717) is 22.5 Å². The first kappa shape index (κ1) is 47.6. The molecule has 2 heterocycles. The lowest BCUT2D eigenvalue weighted by Gasteiger charge is -2.26. The number of fused-ring (bicyclic) bond motifs is 3. The Morgan fingerprint density at radius 2 is 0.671 bits per heavy atom. The summed E-state index contributed by atoms with van der Waals surface area (Å²) < 4.78 is 2.31. The van der Waals surface area contributed by atoms with E-state index in [1.807, 2.05) is 127 Å². The molecule has 0 aliphatic carbocycles. The van der Waals surface area contributed by atoms with Crippen molar-refractivity contribution >= 4 is 55.9 Å². The first-order valence-corrected chi connectivity index (χ1v) is 26.2. The highest BCUT2D eigenvalue weighted by Gasteiger charge is 2.22. The zero-order valence-electron chi connectivity index (χ0n) is 42.8. The highest BCUT2D eigenvalue weighted by Crippen LogP contribution is 2.44. The maximum atomic E-state index is 10.8. The molecular formula is C72H47N7. The minimum Gasteiger partial charge on any atom is -0.310 e. The maximum Gasteiger partial charge on any atom is 0.160 e. The number of nitrogens with zero attached hydrogens (tertiary/aromatic N) is 7. The van der Waals surface area contributed by atoms with Gasteiger partial charge in [0.2, 0.25) is 0 Å². The molecule has 0 fully saturated rings. The van der Waals surface area contributed by atoms with Crippen LogP contribution in [0.5, 0.6) is 0 Å². The Morgan fingerprint density at radius 1 is 0.304 bits per heavy atom. The molecule has 0 amide bonds. The van der Waals surface area contributed by atoms with Crippen LogP contribution in [-0.2, 0) is 0 Å². The number of aromatic nitrogens is 3. The van der Waals surface area contributed by atoms with Gasteiger partial charge in [-0.3, -0.25) is 0 Å². The third-order valence-electron chi connectivity index (χ3n) is 14.4. The fourth-order valence-electron chi connectivity index (χ4n) is 10.7. The topological polar surface area (TPSA) is 84.8 Å². The number of para-hydroxylation sites is 4. The monoisotopic (exact) mass is 1010 g/mol. The van der Waals surface area contributed by atoms with Gasteiger partial charge >= 0.3 is 0 Å². The third-order valence-corrected chi connectivity index (χ3v) is 14.4. The van der Waals surface area contributed by atoms with E-state index in [0.717, 1.165) is 106 Å². The van der Waals surface area contributed by atoms with Crippen molar-refractivity contribution in [2.45, 2.75) is 0 Å². The van der Waals surface area contributed by atoms with Gasteiger partial charge in [-0.05, 0) is 132 Å². The van der Waals surface area contributed by atoms with Gasteiger partial charge in [0.15, 0.2) is 5.82 Å². The largest absolute Gasteiger partial charge is 0.310 e. The summed E-state index contributed by atoms with van der Waals surface area (Å²) in [6.07, 6.45) is 0. The molecule has 0 radical (unpaired) electrons. The highest BCUT2D eigenvalue weighted by atomic mass is 15.1. The van der Waals surface area contributed by atoms with Crippen LogP contribution in [0, 0.1) is 22.7 Å². The first-order chi connectivity index (χ1) is 39.1. The van der Waals surface area contributed by atoms with E-state index in [4.69, 9.17) is 9.97 Å². The van der Waals surface area contributed by atoms with Gasteiger partial charge in [0.25, 0.3) is 0 Å². The molecule has 0 atom stereocenters. The zero-order chi connectivity index (χ0) is 53.1. The molecule has 0 unspecified atom stereocenters. The summed E-state index contributed by atoms with van der Waals surface area (Å²) in [5, 5.41) is 23.7. The van der Waals surface area contributed by atoms with E-state index < -0.39 is 0 Å². The smallest absolute Gasteiger partial charge is 0.160 e. The van der Waals surface area contributed by atoms with Gasteiger partial charge in [-0.1, -0.05) is 170 Å². The number of rotatable bonds is 12. The normalized spacial score (nSPS) is 11.0. The van der Waals surface area contributed by atoms with Crippen molar-refractivity contribution in [3.63, 3.8) is 0 Å². The average molecular weight is 1010 g/mol. The Kier molecular flexibility index (Phi) is 12.6. The van der Waals surface area contributed by atoms with E-state index in [9.17, 15) is 10.5 Å². The maximum absolute atomic E-state index is 10.8. The van der Waals surface area contributed by atoms with Gasteiger partial charge in [0.1, 0.15) is 0 Å². The van der Waals surface area contributed by atoms with Crippen molar-refractivity contribution in [2.75, 3.05) is 9.80 Å². The van der Waals surface area contributed by atoms with Crippen molar-refractivity contribution in [1.29, 1.82) is 10.5 Å². The second kappa shape index (κ2) is 20.9. The van der Waals surface area contributed by atoms with Crippen LogP contribution in [0.4, 0.5) is 34.1 Å². The summed E-state index contributed by atoms with van der Waals surface area (Å²) >= 11 is 0. The Bertz CT molecular complexity index is 4090. The van der Waals surface area contributed by atoms with Gasteiger partial charge in [-0.15, -0.1) is 0 Å². The Morgan fingerprint density at radius 3 is 1.09 bits per heavy atom. The molecule has 0 saturated heterocycles. The van der Waals surface area contributed by atoms with Gasteiger partial charge in [0.05, 0.1) is 45.7 Å². The van der Waals surface area contributed by atoms with Crippen LogP contribution in [-0.4, -0.2) is 14.5 Å². The molecule has 2 aromatic heterocycles. The Hall–Kier alpha value is -11.1. The Labute approximate surface area is 458 Å².